The molecule has 4 nitrogen and oxygen atoms in total. The van der Waals surface area contributed by atoms with Gasteiger partial charge in [0, 0.05) is 15.1 Å². The van der Waals surface area contributed by atoms with E-state index >= 15 is 0 Å². The second kappa shape index (κ2) is 5.01. The number of hydrogen-bond acceptors (Lipinski definition) is 3. The summed E-state index contributed by atoms with van der Waals surface area (Å²) >= 11 is 8.97. The van der Waals surface area contributed by atoms with Gasteiger partial charge in [-0.25, -0.2) is 4.68 Å². The molecule has 16 heavy (non-hydrogen) atoms. The van der Waals surface area contributed by atoms with Crippen molar-refractivity contribution in [1.29, 1.82) is 0 Å². The Morgan fingerprint density at radius 2 is 2.12 bits per heavy atom. The number of rotatable bonds is 2. The molecule has 0 spiro atoms. The number of anilines is 1. The summed E-state index contributed by atoms with van der Waals surface area (Å²) in [4.78, 5) is 4.31. The molecule has 2 aromatic rings. The van der Waals surface area contributed by atoms with Gasteiger partial charge in [0.25, 0.3) is 0 Å². The molecule has 84 valence electrons. The Hall–Kier alpha value is -0.150. The molecule has 2 aromatic heterocycles. The molecule has 0 aromatic carbocycles. The second-order valence-corrected chi connectivity index (χ2v) is 6.05. The minimum atomic E-state index is 0.558. The summed E-state index contributed by atoms with van der Waals surface area (Å²) in [6.45, 7) is 0.558. The maximum absolute atomic E-state index is 5.87. The lowest BCUT2D eigenvalue weighted by molar-refractivity contribution is 0.679. The standard InChI is InChI=1S/C9H7Br2IN4/c10-5-1-6(11)8(14-2-5)4-16-9(13)7(12)3-15-16/h1-3H,4,13H2. The lowest BCUT2D eigenvalue weighted by Gasteiger charge is -2.06. The van der Waals surface area contributed by atoms with Gasteiger partial charge < -0.3 is 5.73 Å². The van der Waals surface area contributed by atoms with Crippen LogP contribution < -0.4 is 5.73 Å². The summed E-state index contributed by atoms with van der Waals surface area (Å²) in [5.74, 6) is 0.664. The minimum absolute atomic E-state index is 0.558. The molecule has 2 rings (SSSR count). The Morgan fingerprint density at radius 1 is 1.38 bits per heavy atom. The van der Waals surface area contributed by atoms with Crippen LogP contribution >= 0.6 is 54.5 Å². The molecule has 0 bridgehead atoms. The average Bonchev–Trinajstić information content (AvgIpc) is 2.54. The van der Waals surface area contributed by atoms with E-state index in [0.717, 1.165) is 18.2 Å². The molecule has 0 aliphatic rings. The number of halogens is 3. The number of nitrogens with zero attached hydrogens (tertiary/aromatic N) is 3. The van der Waals surface area contributed by atoms with Crippen LogP contribution in [0.3, 0.4) is 0 Å². The van der Waals surface area contributed by atoms with Gasteiger partial charge >= 0.3 is 0 Å². The fourth-order valence-electron chi connectivity index (χ4n) is 1.20. The molecule has 0 aliphatic carbocycles. The van der Waals surface area contributed by atoms with Gasteiger partial charge in [0.15, 0.2) is 0 Å². The first-order chi connectivity index (χ1) is 7.58. The normalized spacial score (nSPS) is 10.7. The Morgan fingerprint density at radius 3 is 2.69 bits per heavy atom. The average molecular weight is 458 g/mol. The third kappa shape index (κ3) is 2.57. The SMILES string of the molecule is Nc1c(I)cnn1Cc1ncc(Br)cc1Br. The highest BCUT2D eigenvalue weighted by Crippen LogP contribution is 2.21. The smallest absolute Gasteiger partial charge is 0.135 e. The maximum atomic E-state index is 5.87. The second-order valence-electron chi connectivity index (χ2n) is 3.12. The van der Waals surface area contributed by atoms with Crippen LogP contribution in [0.2, 0.25) is 0 Å². The van der Waals surface area contributed by atoms with Crippen LogP contribution in [0.25, 0.3) is 0 Å². The molecule has 0 unspecified atom stereocenters. The molecule has 0 fully saturated rings. The van der Waals surface area contributed by atoms with Gasteiger partial charge in [-0.05, 0) is 60.5 Å². The summed E-state index contributed by atoms with van der Waals surface area (Å²) in [6.07, 6.45) is 3.49. The Bertz CT molecular complexity index is 526. The predicted molar refractivity (Wildman–Crippen MR) is 78.1 cm³/mol. The Balaban J connectivity index is 2.30. The van der Waals surface area contributed by atoms with Gasteiger partial charge in [0.05, 0.1) is 22.0 Å². The summed E-state index contributed by atoms with van der Waals surface area (Å²) < 4.78 is 4.55. The van der Waals surface area contributed by atoms with E-state index in [2.05, 4.69) is 64.5 Å². The summed E-state index contributed by atoms with van der Waals surface area (Å²) in [5.41, 5.74) is 6.77. The van der Waals surface area contributed by atoms with E-state index in [1.807, 2.05) is 6.07 Å². The molecule has 7 heteroatoms. The maximum Gasteiger partial charge on any atom is 0.135 e. The zero-order valence-corrected chi connectivity index (χ0v) is 13.3. The Kier molecular flexibility index (Phi) is 3.85. The highest BCUT2D eigenvalue weighted by atomic mass is 127. The van der Waals surface area contributed by atoms with Crippen molar-refractivity contribution in [2.75, 3.05) is 5.73 Å². The van der Waals surface area contributed by atoms with Crippen molar-refractivity contribution in [3.05, 3.63) is 36.7 Å². The van der Waals surface area contributed by atoms with Crippen molar-refractivity contribution < 1.29 is 0 Å². The van der Waals surface area contributed by atoms with Gasteiger partial charge in [0.1, 0.15) is 5.82 Å². The molecule has 0 amide bonds. The van der Waals surface area contributed by atoms with E-state index in [1.54, 1.807) is 17.1 Å². The zero-order chi connectivity index (χ0) is 11.7. The van der Waals surface area contributed by atoms with Gasteiger partial charge in [-0.3, -0.25) is 4.98 Å². The highest BCUT2D eigenvalue weighted by Gasteiger charge is 2.08. The Labute approximate surface area is 123 Å². The molecular weight excluding hydrogens is 451 g/mol. The van der Waals surface area contributed by atoms with Crippen molar-refractivity contribution in [2.45, 2.75) is 6.54 Å². The molecule has 2 heterocycles. The third-order valence-electron chi connectivity index (χ3n) is 2.02. The van der Waals surface area contributed by atoms with Crippen molar-refractivity contribution in [3.63, 3.8) is 0 Å². The molecule has 0 saturated carbocycles. The monoisotopic (exact) mass is 456 g/mol. The number of nitrogens with two attached hydrogens (primary N) is 1. The largest absolute Gasteiger partial charge is 0.383 e. The van der Waals surface area contributed by atoms with Crippen LogP contribution in [0.15, 0.2) is 27.4 Å². The molecule has 0 radical (unpaired) electrons. The third-order valence-corrected chi connectivity index (χ3v) is 3.97. The summed E-state index contributed by atoms with van der Waals surface area (Å²) in [5, 5.41) is 4.19. The van der Waals surface area contributed by atoms with Crippen LogP contribution in [0, 0.1) is 3.57 Å². The van der Waals surface area contributed by atoms with Crippen molar-refractivity contribution in [2.24, 2.45) is 0 Å². The fraction of sp³-hybridized carbons (Fsp3) is 0.111. The van der Waals surface area contributed by atoms with Gasteiger partial charge in [-0.15, -0.1) is 0 Å². The molecule has 0 aliphatic heterocycles. The fourth-order valence-corrected chi connectivity index (χ4v) is 2.71. The van der Waals surface area contributed by atoms with E-state index < -0.39 is 0 Å². The van der Waals surface area contributed by atoms with Crippen molar-refractivity contribution in [3.8, 4) is 0 Å². The number of hydrogen-bond donors (Lipinski definition) is 1. The molecule has 0 saturated heterocycles. The van der Waals surface area contributed by atoms with E-state index in [0.29, 0.717) is 12.4 Å². The van der Waals surface area contributed by atoms with Gasteiger partial charge in [-0.1, -0.05) is 0 Å². The first kappa shape index (κ1) is 12.3. The summed E-state index contributed by atoms with van der Waals surface area (Å²) in [7, 11) is 0. The van der Waals surface area contributed by atoms with Crippen LogP contribution in [0.4, 0.5) is 5.82 Å². The van der Waals surface area contributed by atoms with Crippen LogP contribution in [0.1, 0.15) is 5.69 Å². The van der Waals surface area contributed by atoms with Crippen LogP contribution in [-0.4, -0.2) is 14.8 Å². The molecular formula is C9H7Br2IN4. The van der Waals surface area contributed by atoms with Gasteiger partial charge in [-0.2, -0.15) is 5.10 Å². The highest BCUT2D eigenvalue weighted by molar-refractivity contribution is 14.1. The first-order valence-corrected chi connectivity index (χ1v) is 7.01. The van der Waals surface area contributed by atoms with Crippen molar-refractivity contribution >= 4 is 60.3 Å². The molecule has 0 atom stereocenters. The van der Waals surface area contributed by atoms with E-state index in [4.69, 9.17) is 5.73 Å². The van der Waals surface area contributed by atoms with E-state index in [9.17, 15) is 0 Å². The lowest BCUT2D eigenvalue weighted by atomic mass is 10.3. The minimum Gasteiger partial charge on any atom is -0.383 e. The summed E-state index contributed by atoms with van der Waals surface area (Å²) in [6, 6.07) is 1.95. The van der Waals surface area contributed by atoms with Crippen molar-refractivity contribution in [1.82, 2.24) is 14.8 Å². The number of nitrogen functional groups attached to an aromatic ring is 1. The quantitative estimate of drug-likeness (QED) is 0.705. The van der Waals surface area contributed by atoms with Crippen LogP contribution in [-0.2, 0) is 6.54 Å². The number of pyridine rings is 1. The topological polar surface area (TPSA) is 56.7 Å². The van der Waals surface area contributed by atoms with Gasteiger partial charge in [0.2, 0.25) is 0 Å². The predicted octanol–water partition coefficient (Wildman–Crippen LogP) is 3.04. The number of aromatic nitrogens is 3. The molecule has 2 N–H and O–H groups in total. The van der Waals surface area contributed by atoms with E-state index in [1.165, 1.54) is 0 Å². The lowest BCUT2D eigenvalue weighted by Crippen LogP contribution is -2.08. The van der Waals surface area contributed by atoms with Crippen LogP contribution in [0.5, 0.6) is 0 Å². The zero-order valence-electron chi connectivity index (χ0n) is 7.99. The first-order valence-electron chi connectivity index (χ1n) is 4.34. The van der Waals surface area contributed by atoms with E-state index in [-0.39, 0.29) is 0 Å².